The number of nitrogens with one attached hydrogen (secondary N) is 2. The van der Waals surface area contributed by atoms with Gasteiger partial charge < -0.3 is 10.3 Å². The summed E-state index contributed by atoms with van der Waals surface area (Å²) in [6.07, 6.45) is 3.44. The second-order valence-electron chi connectivity index (χ2n) is 6.50. The molecule has 1 heterocycles. The first kappa shape index (κ1) is 15.1. The molecule has 4 rings (SSSR count). The van der Waals surface area contributed by atoms with Gasteiger partial charge >= 0.3 is 0 Å². The van der Waals surface area contributed by atoms with Gasteiger partial charge in [0.2, 0.25) is 0 Å². The minimum absolute atomic E-state index is 0.0153. The van der Waals surface area contributed by atoms with Gasteiger partial charge in [0.15, 0.2) is 0 Å². The molecule has 0 bridgehead atoms. The predicted octanol–water partition coefficient (Wildman–Crippen LogP) is 3.65. The number of rotatable bonds is 3. The molecule has 0 amide bonds. The molecule has 1 aromatic heterocycles. The Kier molecular flexibility index (Phi) is 3.90. The van der Waals surface area contributed by atoms with Crippen LogP contribution in [0.3, 0.4) is 0 Å². The van der Waals surface area contributed by atoms with E-state index in [-0.39, 0.29) is 11.6 Å². The molecular weight excluding hydrogens is 298 g/mol. The van der Waals surface area contributed by atoms with Crippen molar-refractivity contribution in [2.45, 2.75) is 38.3 Å². The molecule has 0 saturated heterocycles. The van der Waals surface area contributed by atoms with Crippen LogP contribution in [0.25, 0.3) is 10.9 Å². The van der Waals surface area contributed by atoms with Crippen molar-refractivity contribution >= 4 is 10.9 Å². The number of hydrogen-bond acceptors (Lipinski definition) is 3. The van der Waals surface area contributed by atoms with E-state index in [1.165, 1.54) is 17.5 Å². The summed E-state index contributed by atoms with van der Waals surface area (Å²) >= 11 is 0. The van der Waals surface area contributed by atoms with Crippen LogP contribution in [0.4, 0.5) is 0 Å². The summed E-state index contributed by atoms with van der Waals surface area (Å²) in [7, 11) is 0. The molecule has 0 unspecified atom stereocenters. The fraction of sp³-hybridized carbons (Fsp3) is 0.300. The van der Waals surface area contributed by atoms with Gasteiger partial charge in [-0.1, -0.05) is 36.4 Å². The number of para-hydroxylation sites is 1. The zero-order valence-electron chi connectivity index (χ0n) is 13.8. The highest BCUT2D eigenvalue weighted by molar-refractivity contribution is 5.77. The molecule has 0 radical (unpaired) electrons. The van der Waals surface area contributed by atoms with Crippen LogP contribution in [0, 0.1) is 0 Å². The van der Waals surface area contributed by atoms with Gasteiger partial charge in [0.05, 0.1) is 16.9 Å². The SMILES string of the molecule is C[C@@H](N[C@@H]1CCCc2ccccc21)c1nc2ccccc2c(=O)[nH]1. The molecule has 2 aromatic carbocycles. The maximum atomic E-state index is 12.3. The van der Waals surface area contributed by atoms with E-state index >= 15 is 0 Å². The monoisotopic (exact) mass is 319 g/mol. The van der Waals surface area contributed by atoms with E-state index in [1.807, 2.05) is 18.2 Å². The number of nitrogens with zero attached hydrogens (tertiary/aromatic N) is 1. The quantitative estimate of drug-likeness (QED) is 0.775. The molecule has 4 nitrogen and oxygen atoms in total. The van der Waals surface area contributed by atoms with Crippen molar-refractivity contribution in [2.24, 2.45) is 0 Å². The number of benzene rings is 2. The summed E-state index contributed by atoms with van der Waals surface area (Å²) in [6.45, 7) is 2.06. The van der Waals surface area contributed by atoms with Gasteiger partial charge in [0.1, 0.15) is 5.82 Å². The Bertz CT molecular complexity index is 931. The van der Waals surface area contributed by atoms with E-state index in [1.54, 1.807) is 6.07 Å². The Morgan fingerprint density at radius 3 is 2.88 bits per heavy atom. The van der Waals surface area contributed by atoms with E-state index in [0.717, 1.165) is 18.4 Å². The number of fused-ring (bicyclic) bond motifs is 2. The summed E-state index contributed by atoms with van der Waals surface area (Å²) in [4.78, 5) is 19.8. The van der Waals surface area contributed by atoms with Crippen molar-refractivity contribution in [1.82, 2.24) is 15.3 Å². The predicted molar refractivity (Wildman–Crippen MR) is 96.0 cm³/mol. The summed E-state index contributed by atoms with van der Waals surface area (Å²) in [5.74, 6) is 0.696. The molecule has 4 heteroatoms. The Balaban J connectivity index is 1.63. The van der Waals surface area contributed by atoms with Gasteiger partial charge in [0.25, 0.3) is 5.56 Å². The fourth-order valence-corrected chi connectivity index (χ4v) is 3.62. The van der Waals surface area contributed by atoms with Crippen molar-refractivity contribution in [1.29, 1.82) is 0 Å². The van der Waals surface area contributed by atoms with Gasteiger partial charge in [-0.3, -0.25) is 4.79 Å². The van der Waals surface area contributed by atoms with Crippen LogP contribution in [0.15, 0.2) is 53.3 Å². The van der Waals surface area contributed by atoms with Gasteiger partial charge in [0, 0.05) is 6.04 Å². The minimum Gasteiger partial charge on any atom is -0.309 e. The second kappa shape index (κ2) is 6.21. The molecule has 0 aliphatic heterocycles. The maximum Gasteiger partial charge on any atom is 0.258 e. The normalized spacial score (nSPS) is 18.3. The van der Waals surface area contributed by atoms with Crippen LogP contribution in [0.5, 0.6) is 0 Å². The lowest BCUT2D eigenvalue weighted by Crippen LogP contribution is -2.30. The number of aryl methyl sites for hydroxylation is 1. The van der Waals surface area contributed by atoms with E-state index in [0.29, 0.717) is 17.3 Å². The van der Waals surface area contributed by atoms with Crippen LogP contribution < -0.4 is 10.9 Å². The van der Waals surface area contributed by atoms with E-state index in [2.05, 4.69) is 46.5 Å². The Labute approximate surface area is 141 Å². The molecular formula is C20H21N3O. The molecule has 1 aliphatic carbocycles. The lowest BCUT2D eigenvalue weighted by atomic mass is 9.87. The lowest BCUT2D eigenvalue weighted by molar-refractivity contribution is 0.406. The van der Waals surface area contributed by atoms with E-state index in [9.17, 15) is 4.79 Å². The Morgan fingerprint density at radius 1 is 1.17 bits per heavy atom. The van der Waals surface area contributed by atoms with Gasteiger partial charge in [-0.15, -0.1) is 0 Å². The molecule has 2 N–H and O–H groups in total. The first-order valence-corrected chi connectivity index (χ1v) is 8.55. The highest BCUT2D eigenvalue weighted by Crippen LogP contribution is 2.31. The maximum absolute atomic E-state index is 12.3. The molecule has 0 saturated carbocycles. The van der Waals surface area contributed by atoms with Gasteiger partial charge in [-0.05, 0) is 49.4 Å². The van der Waals surface area contributed by atoms with Crippen LogP contribution in [0.2, 0.25) is 0 Å². The van der Waals surface area contributed by atoms with Crippen molar-refractivity contribution in [3.8, 4) is 0 Å². The van der Waals surface area contributed by atoms with E-state index in [4.69, 9.17) is 0 Å². The molecule has 1 aliphatic rings. The van der Waals surface area contributed by atoms with Crippen molar-refractivity contribution in [3.05, 3.63) is 75.8 Å². The first-order valence-electron chi connectivity index (χ1n) is 8.55. The average molecular weight is 319 g/mol. The van der Waals surface area contributed by atoms with Crippen LogP contribution >= 0.6 is 0 Å². The highest BCUT2D eigenvalue weighted by Gasteiger charge is 2.22. The lowest BCUT2D eigenvalue weighted by Gasteiger charge is -2.29. The summed E-state index contributed by atoms with van der Waals surface area (Å²) in [5.41, 5.74) is 3.47. The summed E-state index contributed by atoms with van der Waals surface area (Å²) in [6, 6.07) is 16.4. The topological polar surface area (TPSA) is 57.8 Å². The van der Waals surface area contributed by atoms with Gasteiger partial charge in [-0.25, -0.2) is 4.98 Å². The number of aromatic nitrogens is 2. The average Bonchev–Trinajstić information content (AvgIpc) is 2.62. The van der Waals surface area contributed by atoms with Crippen molar-refractivity contribution < 1.29 is 0 Å². The van der Waals surface area contributed by atoms with Crippen molar-refractivity contribution in [2.75, 3.05) is 0 Å². The summed E-state index contributed by atoms with van der Waals surface area (Å²) < 4.78 is 0. The second-order valence-corrected chi connectivity index (χ2v) is 6.50. The van der Waals surface area contributed by atoms with Crippen LogP contribution in [-0.2, 0) is 6.42 Å². The number of hydrogen-bond donors (Lipinski definition) is 2. The van der Waals surface area contributed by atoms with Gasteiger partial charge in [-0.2, -0.15) is 0 Å². The molecule has 0 spiro atoms. The number of aromatic amines is 1. The molecule has 24 heavy (non-hydrogen) atoms. The number of H-pyrrole nitrogens is 1. The largest absolute Gasteiger partial charge is 0.309 e. The molecule has 0 fully saturated rings. The highest BCUT2D eigenvalue weighted by atomic mass is 16.1. The fourth-order valence-electron chi connectivity index (χ4n) is 3.62. The first-order chi connectivity index (χ1) is 11.7. The Morgan fingerprint density at radius 2 is 1.96 bits per heavy atom. The Hall–Kier alpha value is -2.46. The van der Waals surface area contributed by atoms with Crippen LogP contribution in [0.1, 0.15) is 48.8 Å². The third kappa shape index (κ3) is 2.74. The smallest absolute Gasteiger partial charge is 0.258 e. The van der Waals surface area contributed by atoms with Crippen molar-refractivity contribution in [3.63, 3.8) is 0 Å². The zero-order valence-corrected chi connectivity index (χ0v) is 13.8. The third-order valence-corrected chi connectivity index (χ3v) is 4.86. The molecule has 122 valence electrons. The minimum atomic E-state index is -0.0757. The molecule has 3 aromatic rings. The zero-order chi connectivity index (χ0) is 16.5. The third-order valence-electron chi connectivity index (χ3n) is 4.86. The summed E-state index contributed by atoms with van der Waals surface area (Å²) in [5, 5.41) is 4.29. The van der Waals surface area contributed by atoms with E-state index < -0.39 is 0 Å². The standard InChI is InChI=1S/C20H21N3O/c1-13(19-22-18-11-5-4-10-16(18)20(24)23-19)21-17-12-6-8-14-7-2-3-9-15(14)17/h2-5,7,9-11,13,17,21H,6,8,12H2,1H3,(H,22,23,24)/t13-,17-/m1/s1. The van der Waals surface area contributed by atoms with Crippen LogP contribution in [-0.4, -0.2) is 9.97 Å². The molecule has 2 atom stereocenters.